The summed E-state index contributed by atoms with van der Waals surface area (Å²) in [6.07, 6.45) is 0. The van der Waals surface area contributed by atoms with E-state index in [0.717, 1.165) is 5.22 Å². The minimum Gasteiger partial charge on any atom is -0.477 e. The van der Waals surface area contributed by atoms with Gasteiger partial charge in [0.1, 0.15) is 4.91 Å². The van der Waals surface area contributed by atoms with Crippen LogP contribution in [0.1, 0.15) is 0 Å². The molecule has 1 unspecified atom stereocenters. The average Bonchev–Trinajstić information content (AvgIpc) is 2.39. The van der Waals surface area contributed by atoms with E-state index in [4.69, 9.17) is 5.11 Å². The Labute approximate surface area is 76.5 Å². The summed E-state index contributed by atoms with van der Waals surface area (Å²) in [4.78, 5) is 10.7. The minimum atomic E-state index is -1.50. The first-order chi connectivity index (χ1) is 6.20. The maximum atomic E-state index is 11.3. The van der Waals surface area contributed by atoms with Crippen LogP contribution in [-0.4, -0.2) is 15.3 Å². The molecule has 4 heteroatoms. The molecule has 1 aromatic carbocycles. The number of fused-ring (bicyclic) bond motifs is 1. The third-order valence-corrected chi connectivity index (χ3v) is 3.10. The quantitative estimate of drug-likeness (QED) is 0.648. The molecule has 0 fully saturated rings. The van der Waals surface area contributed by atoms with Crippen molar-refractivity contribution in [2.75, 3.05) is 0 Å². The zero-order valence-electron chi connectivity index (χ0n) is 6.56. The fraction of sp³-hybridized carbons (Fsp3) is 0. The van der Waals surface area contributed by atoms with Gasteiger partial charge in [-0.05, 0) is 5.22 Å². The zero-order valence-corrected chi connectivity index (χ0v) is 7.38. The summed E-state index contributed by atoms with van der Waals surface area (Å²) in [5.41, 5.74) is 0. The Morgan fingerprint density at radius 2 is 2.00 bits per heavy atom. The van der Waals surface area contributed by atoms with Crippen molar-refractivity contribution >= 4 is 27.1 Å². The van der Waals surface area contributed by atoms with Crippen molar-refractivity contribution in [2.24, 2.45) is 0 Å². The van der Waals surface area contributed by atoms with Gasteiger partial charge in [-0.25, -0.2) is 9.00 Å². The van der Waals surface area contributed by atoms with Crippen LogP contribution in [0.5, 0.6) is 0 Å². The molecule has 66 valence electrons. The van der Waals surface area contributed by atoms with E-state index in [1.165, 1.54) is 5.41 Å². The number of hydrogen-bond acceptors (Lipinski definition) is 2. The number of carboxylic acid groups (broad SMARTS) is 1. The summed E-state index contributed by atoms with van der Waals surface area (Å²) in [5.74, 6) is -1.11. The van der Waals surface area contributed by atoms with E-state index >= 15 is 0 Å². The summed E-state index contributed by atoms with van der Waals surface area (Å²) in [6.45, 7) is 0. The van der Waals surface area contributed by atoms with Crippen molar-refractivity contribution in [3.05, 3.63) is 34.7 Å². The van der Waals surface area contributed by atoms with Crippen molar-refractivity contribution in [3.8, 4) is 0 Å². The SMILES string of the molecule is O=C(O)C1=c2ccccc2=CS1=O. The molecule has 3 nitrogen and oxygen atoms in total. The molecule has 2 rings (SSSR count). The van der Waals surface area contributed by atoms with Crippen LogP contribution >= 0.6 is 0 Å². The fourth-order valence-corrected chi connectivity index (χ4v) is 2.42. The van der Waals surface area contributed by atoms with Gasteiger partial charge in [0.05, 0.1) is 10.8 Å². The smallest absolute Gasteiger partial charge is 0.345 e. The molecular formula is C9H6O3S. The summed E-state index contributed by atoms with van der Waals surface area (Å²) in [7, 11) is -1.50. The molecule has 0 aromatic heterocycles. The Bertz CT molecular complexity index is 516. The lowest BCUT2D eigenvalue weighted by molar-refractivity contribution is -0.130. The lowest BCUT2D eigenvalue weighted by atomic mass is 10.2. The Morgan fingerprint density at radius 1 is 1.31 bits per heavy atom. The monoisotopic (exact) mass is 194 g/mol. The van der Waals surface area contributed by atoms with E-state index in [9.17, 15) is 9.00 Å². The van der Waals surface area contributed by atoms with Crippen LogP contribution in [0, 0.1) is 0 Å². The molecule has 1 aromatic rings. The molecule has 1 atom stereocenters. The first-order valence-electron chi connectivity index (χ1n) is 3.65. The highest BCUT2D eigenvalue weighted by Gasteiger charge is 2.19. The van der Waals surface area contributed by atoms with E-state index in [2.05, 4.69) is 0 Å². The van der Waals surface area contributed by atoms with Gasteiger partial charge in [-0.15, -0.1) is 0 Å². The van der Waals surface area contributed by atoms with E-state index in [0.29, 0.717) is 5.22 Å². The van der Waals surface area contributed by atoms with Gasteiger partial charge in [-0.2, -0.15) is 0 Å². The Kier molecular flexibility index (Phi) is 1.77. The van der Waals surface area contributed by atoms with Crippen LogP contribution in [0.15, 0.2) is 24.3 Å². The highest BCUT2D eigenvalue weighted by atomic mass is 32.2. The molecular weight excluding hydrogens is 188 g/mol. The Morgan fingerprint density at radius 3 is 2.69 bits per heavy atom. The van der Waals surface area contributed by atoms with Crippen molar-refractivity contribution in [3.63, 3.8) is 0 Å². The van der Waals surface area contributed by atoms with Crippen molar-refractivity contribution in [2.45, 2.75) is 0 Å². The molecule has 0 amide bonds. The standard InChI is InChI=1S/C9H6O3S/c10-9(11)8-7-4-2-1-3-6(7)5-13(8)12/h1-5H,(H,10,11). The minimum absolute atomic E-state index is 0.0180. The molecule has 0 saturated heterocycles. The Hall–Kier alpha value is -1.42. The van der Waals surface area contributed by atoms with E-state index < -0.39 is 16.8 Å². The number of carboxylic acids is 1. The van der Waals surface area contributed by atoms with E-state index in [1.807, 2.05) is 0 Å². The van der Waals surface area contributed by atoms with Crippen LogP contribution in [-0.2, 0) is 15.6 Å². The topological polar surface area (TPSA) is 54.4 Å². The first-order valence-corrected chi connectivity index (χ1v) is 4.86. The van der Waals surface area contributed by atoms with Crippen LogP contribution in [0.25, 0.3) is 10.3 Å². The van der Waals surface area contributed by atoms with Gasteiger partial charge < -0.3 is 5.11 Å². The Balaban J connectivity index is 2.92. The fourth-order valence-electron chi connectivity index (χ4n) is 1.29. The highest BCUT2D eigenvalue weighted by molar-refractivity contribution is 8.02. The van der Waals surface area contributed by atoms with Crippen LogP contribution in [0.4, 0.5) is 0 Å². The number of hydrogen-bond donors (Lipinski definition) is 1. The summed E-state index contributed by atoms with van der Waals surface area (Å²) in [6, 6.07) is 6.94. The number of carbonyl (C=O) groups is 1. The zero-order chi connectivity index (χ0) is 9.42. The van der Waals surface area contributed by atoms with Gasteiger partial charge >= 0.3 is 5.97 Å². The molecule has 1 N–H and O–H groups in total. The lowest BCUT2D eigenvalue weighted by Crippen LogP contribution is -2.24. The largest absolute Gasteiger partial charge is 0.477 e. The third-order valence-electron chi connectivity index (χ3n) is 1.83. The van der Waals surface area contributed by atoms with Crippen LogP contribution in [0.2, 0.25) is 0 Å². The molecule has 13 heavy (non-hydrogen) atoms. The van der Waals surface area contributed by atoms with Crippen LogP contribution in [0.3, 0.4) is 0 Å². The maximum Gasteiger partial charge on any atom is 0.345 e. The van der Waals surface area contributed by atoms with Crippen LogP contribution < -0.4 is 10.4 Å². The first kappa shape index (κ1) is 8.19. The average molecular weight is 194 g/mol. The van der Waals surface area contributed by atoms with Gasteiger partial charge in [0.15, 0.2) is 0 Å². The lowest BCUT2D eigenvalue weighted by Gasteiger charge is -1.90. The maximum absolute atomic E-state index is 11.3. The highest BCUT2D eigenvalue weighted by Crippen LogP contribution is 2.05. The molecule has 0 bridgehead atoms. The van der Waals surface area contributed by atoms with E-state index in [1.54, 1.807) is 24.3 Å². The van der Waals surface area contributed by atoms with Gasteiger partial charge in [-0.3, -0.25) is 0 Å². The van der Waals surface area contributed by atoms with Gasteiger partial charge in [0.2, 0.25) is 0 Å². The second kappa shape index (κ2) is 2.81. The summed E-state index contributed by atoms with van der Waals surface area (Å²) < 4.78 is 11.3. The molecule has 1 heterocycles. The second-order valence-corrected chi connectivity index (χ2v) is 3.88. The normalized spacial score (nSPS) is 19.4. The van der Waals surface area contributed by atoms with Crippen molar-refractivity contribution < 1.29 is 14.1 Å². The molecule has 1 aliphatic rings. The van der Waals surface area contributed by atoms with Gasteiger partial charge in [0, 0.05) is 10.6 Å². The molecule has 0 spiro atoms. The number of benzene rings is 1. The van der Waals surface area contributed by atoms with Crippen molar-refractivity contribution in [1.82, 2.24) is 0 Å². The molecule has 0 saturated carbocycles. The second-order valence-electron chi connectivity index (χ2n) is 2.64. The number of aliphatic carboxylic acids is 1. The van der Waals surface area contributed by atoms with E-state index in [-0.39, 0.29) is 4.91 Å². The van der Waals surface area contributed by atoms with Gasteiger partial charge in [0.25, 0.3) is 0 Å². The third kappa shape index (κ3) is 1.19. The van der Waals surface area contributed by atoms with Crippen molar-refractivity contribution in [1.29, 1.82) is 0 Å². The molecule has 1 aliphatic heterocycles. The number of rotatable bonds is 1. The van der Waals surface area contributed by atoms with Gasteiger partial charge in [-0.1, -0.05) is 24.3 Å². The summed E-state index contributed by atoms with van der Waals surface area (Å²) >= 11 is 0. The molecule has 0 aliphatic carbocycles. The predicted octanol–water partition coefficient (Wildman–Crippen LogP) is -0.620. The molecule has 0 radical (unpaired) electrons. The predicted molar refractivity (Wildman–Crippen MR) is 49.3 cm³/mol. The summed E-state index contributed by atoms with van der Waals surface area (Å²) in [5, 5.41) is 11.5.